The molecular weight excluding hydrogens is 236 g/mol. The Hall–Kier alpha value is -0.570. The highest BCUT2D eigenvalue weighted by Crippen LogP contribution is 2.34. The first-order valence-electron chi connectivity index (χ1n) is 8.01. The van der Waals surface area contributed by atoms with Gasteiger partial charge in [0, 0.05) is 6.04 Å². The average molecular weight is 266 g/mol. The zero-order valence-electron chi connectivity index (χ0n) is 13.1. The van der Waals surface area contributed by atoms with Crippen molar-refractivity contribution >= 4 is 5.91 Å². The molecule has 3 atom stereocenters. The largest absolute Gasteiger partial charge is 0.323 e. The third-order valence-electron chi connectivity index (χ3n) is 4.99. The van der Waals surface area contributed by atoms with Gasteiger partial charge in [-0.3, -0.25) is 10.1 Å². The smallest absolute Gasteiger partial charge is 0.241 e. The average Bonchev–Trinajstić information content (AvgIpc) is 2.94. The van der Waals surface area contributed by atoms with Gasteiger partial charge in [-0.2, -0.15) is 0 Å². The van der Waals surface area contributed by atoms with Gasteiger partial charge in [-0.1, -0.05) is 40.5 Å². The van der Waals surface area contributed by atoms with E-state index in [1.54, 1.807) is 0 Å². The maximum absolute atomic E-state index is 12.7. The zero-order chi connectivity index (χ0) is 14.2. The molecule has 0 radical (unpaired) electrons. The molecule has 1 heterocycles. The topological polar surface area (TPSA) is 32.3 Å². The number of carbonyl (C=O) groups is 1. The van der Waals surface area contributed by atoms with Gasteiger partial charge in [0.25, 0.3) is 0 Å². The summed E-state index contributed by atoms with van der Waals surface area (Å²) in [7, 11) is 0. The van der Waals surface area contributed by atoms with Crippen molar-refractivity contribution < 1.29 is 4.79 Å². The summed E-state index contributed by atoms with van der Waals surface area (Å²) < 4.78 is 0. The normalized spacial score (nSPS) is 30.9. The molecule has 1 saturated heterocycles. The fraction of sp³-hybridized carbons (Fsp3) is 0.938. The lowest BCUT2D eigenvalue weighted by Crippen LogP contribution is -2.48. The van der Waals surface area contributed by atoms with Crippen LogP contribution >= 0.6 is 0 Å². The Kier molecular flexibility index (Phi) is 4.54. The molecule has 19 heavy (non-hydrogen) atoms. The van der Waals surface area contributed by atoms with Gasteiger partial charge in [-0.25, -0.2) is 0 Å². The molecule has 1 N–H and O–H groups in total. The minimum atomic E-state index is 0.0104. The summed E-state index contributed by atoms with van der Waals surface area (Å²) in [6, 6.07) is 0.398. The molecule has 0 aromatic heterocycles. The summed E-state index contributed by atoms with van der Waals surface area (Å²) in [5.41, 5.74) is 0. The van der Waals surface area contributed by atoms with Gasteiger partial charge in [0.2, 0.25) is 5.91 Å². The SMILES string of the molecule is CC(C)C1NC(C(C)C)N(C(C)C2CCCC2)C1=O. The minimum absolute atomic E-state index is 0.0104. The molecule has 1 saturated carbocycles. The number of nitrogens with one attached hydrogen (secondary N) is 1. The number of rotatable bonds is 4. The lowest BCUT2D eigenvalue weighted by atomic mass is 9.96. The summed E-state index contributed by atoms with van der Waals surface area (Å²) in [5.74, 6) is 1.87. The Morgan fingerprint density at radius 3 is 2.11 bits per heavy atom. The van der Waals surface area contributed by atoms with Crippen molar-refractivity contribution in [2.45, 2.75) is 78.6 Å². The summed E-state index contributed by atoms with van der Waals surface area (Å²) in [5, 5.41) is 3.57. The molecule has 1 aliphatic carbocycles. The second-order valence-electron chi connectivity index (χ2n) is 7.11. The summed E-state index contributed by atoms with van der Waals surface area (Å²) in [6.07, 6.45) is 5.48. The predicted molar refractivity (Wildman–Crippen MR) is 78.7 cm³/mol. The van der Waals surface area contributed by atoms with E-state index in [4.69, 9.17) is 0 Å². The van der Waals surface area contributed by atoms with E-state index >= 15 is 0 Å². The standard InChI is InChI=1S/C16H30N2O/c1-10(2)14-16(19)18(15(17-14)11(3)4)12(5)13-8-6-7-9-13/h10-15,17H,6-9H2,1-5H3. The van der Waals surface area contributed by atoms with E-state index in [9.17, 15) is 4.79 Å². The van der Waals surface area contributed by atoms with Crippen LogP contribution in [-0.4, -0.2) is 29.1 Å². The number of hydrogen-bond donors (Lipinski definition) is 1. The molecule has 2 rings (SSSR count). The maximum atomic E-state index is 12.7. The third-order valence-corrected chi connectivity index (χ3v) is 4.99. The van der Waals surface area contributed by atoms with E-state index < -0.39 is 0 Å². The van der Waals surface area contributed by atoms with Gasteiger partial charge in [-0.15, -0.1) is 0 Å². The van der Waals surface area contributed by atoms with Gasteiger partial charge >= 0.3 is 0 Å². The van der Waals surface area contributed by atoms with Crippen LogP contribution in [0.15, 0.2) is 0 Å². The van der Waals surface area contributed by atoms with E-state index in [2.05, 4.69) is 44.8 Å². The zero-order valence-corrected chi connectivity index (χ0v) is 13.1. The summed E-state index contributed by atoms with van der Waals surface area (Å²) in [4.78, 5) is 14.9. The van der Waals surface area contributed by atoms with Gasteiger partial charge in [0.1, 0.15) is 0 Å². The highest BCUT2D eigenvalue weighted by molar-refractivity contribution is 5.85. The van der Waals surface area contributed by atoms with Crippen molar-refractivity contribution in [2.24, 2.45) is 17.8 Å². The van der Waals surface area contributed by atoms with E-state index in [1.165, 1.54) is 25.7 Å². The van der Waals surface area contributed by atoms with Crippen LogP contribution < -0.4 is 5.32 Å². The number of carbonyl (C=O) groups excluding carboxylic acids is 1. The van der Waals surface area contributed by atoms with Crippen LogP contribution in [-0.2, 0) is 4.79 Å². The number of amides is 1. The van der Waals surface area contributed by atoms with Gasteiger partial charge in [-0.05, 0) is 37.5 Å². The van der Waals surface area contributed by atoms with Crippen molar-refractivity contribution in [3.63, 3.8) is 0 Å². The number of nitrogens with zero attached hydrogens (tertiary/aromatic N) is 1. The van der Waals surface area contributed by atoms with E-state index in [1.807, 2.05) is 0 Å². The first-order chi connectivity index (χ1) is 8.93. The van der Waals surface area contributed by atoms with Crippen molar-refractivity contribution in [2.75, 3.05) is 0 Å². The Morgan fingerprint density at radius 2 is 1.63 bits per heavy atom. The Labute approximate surface area is 118 Å². The monoisotopic (exact) mass is 266 g/mol. The lowest BCUT2D eigenvalue weighted by Gasteiger charge is -2.36. The maximum Gasteiger partial charge on any atom is 0.241 e. The van der Waals surface area contributed by atoms with Crippen LogP contribution in [0.5, 0.6) is 0 Å². The first kappa shape index (κ1) is 14.8. The van der Waals surface area contributed by atoms with Crippen molar-refractivity contribution in [3.05, 3.63) is 0 Å². The van der Waals surface area contributed by atoms with Crippen molar-refractivity contribution in [3.8, 4) is 0 Å². The fourth-order valence-electron chi connectivity index (χ4n) is 3.75. The molecule has 110 valence electrons. The molecule has 1 aliphatic heterocycles. The summed E-state index contributed by atoms with van der Waals surface area (Å²) in [6.45, 7) is 10.9. The molecule has 0 spiro atoms. The van der Waals surface area contributed by atoms with Gasteiger partial charge < -0.3 is 4.90 Å². The molecule has 0 bridgehead atoms. The Bertz CT molecular complexity index is 321. The predicted octanol–water partition coefficient (Wildman–Crippen LogP) is 3.00. The third kappa shape index (κ3) is 2.81. The molecule has 0 aromatic carbocycles. The molecular formula is C16H30N2O. The summed E-state index contributed by atoms with van der Waals surface area (Å²) >= 11 is 0. The van der Waals surface area contributed by atoms with Gasteiger partial charge in [0.05, 0.1) is 12.2 Å². The van der Waals surface area contributed by atoms with Gasteiger partial charge in [0.15, 0.2) is 0 Å². The molecule has 2 fully saturated rings. The van der Waals surface area contributed by atoms with Crippen molar-refractivity contribution in [1.29, 1.82) is 0 Å². The van der Waals surface area contributed by atoms with E-state index in [0.29, 0.717) is 29.7 Å². The van der Waals surface area contributed by atoms with E-state index in [0.717, 1.165) is 0 Å². The fourth-order valence-corrected chi connectivity index (χ4v) is 3.75. The van der Waals surface area contributed by atoms with Crippen LogP contribution in [0.4, 0.5) is 0 Å². The van der Waals surface area contributed by atoms with E-state index in [-0.39, 0.29) is 12.2 Å². The Balaban J connectivity index is 2.16. The first-order valence-corrected chi connectivity index (χ1v) is 8.01. The molecule has 3 heteroatoms. The molecule has 3 nitrogen and oxygen atoms in total. The molecule has 3 unspecified atom stereocenters. The Morgan fingerprint density at radius 1 is 1.05 bits per heavy atom. The second kappa shape index (κ2) is 5.82. The van der Waals surface area contributed by atoms with Crippen LogP contribution in [0.1, 0.15) is 60.3 Å². The highest BCUT2D eigenvalue weighted by atomic mass is 16.2. The second-order valence-corrected chi connectivity index (χ2v) is 7.11. The van der Waals surface area contributed by atoms with Crippen LogP contribution in [0, 0.1) is 17.8 Å². The molecule has 1 amide bonds. The van der Waals surface area contributed by atoms with Crippen LogP contribution in [0.25, 0.3) is 0 Å². The highest BCUT2D eigenvalue weighted by Gasteiger charge is 2.45. The van der Waals surface area contributed by atoms with Crippen LogP contribution in [0.2, 0.25) is 0 Å². The lowest BCUT2D eigenvalue weighted by molar-refractivity contribution is -0.134. The van der Waals surface area contributed by atoms with Crippen LogP contribution in [0.3, 0.4) is 0 Å². The number of hydrogen-bond acceptors (Lipinski definition) is 2. The molecule has 2 aliphatic rings. The minimum Gasteiger partial charge on any atom is -0.323 e. The van der Waals surface area contributed by atoms with Crippen molar-refractivity contribution in [1.82, 2.24) is 10.2 Å². The molecule has 0 aromatic rings. The quantitative estimate of drug-likeness (QED) is 0.848.